The highest BCUT2D eigenvalue weighted by atomic mass is 32.2. The second-order valence-corrected chi connectivity index (χ2v) is 5.50. The molecule has 2 aromatic rings. The summed E-state index contributed by atoms with van der Waals surface area (Å²) in [4.78, 5) is 9.19. The molecule has 0 saturated carbocycles. The summed E-state index contributed by atoms with van der Waals surface area (Å²) in [6.07, 6.45) is 1.66. The number of nitrogen functional groups attached to an aromatic ring is 1. The van der Waals surface area contributed by atoms with Gasteiger partial charge in [-0.2, -0.15) is 0 Å². The van der Waals surface area contributed by atoms with Crippen molar-refractivity contribution in [1.82, 2.24) is 9.97 Å². The topological polar surface area (TPSA) is 68.9 Å². The van der Waals surface area contributed by atoms with Crippen molar-refractivity contribution in [3.63, 3.8) is 0 Å². The van der Waals surface area contributed by atoms with Gasteiger partial charge in [0.25, 0.3) is 0 Å². The fraction of sp³-hybridized carbons (Fsp3) is 0.231. The number of benzene rings is 1. The highest BCUT2D eigenvalue weighted by molar-refractivity contribution is 7.84. The Labute approximate surface area is 109 Å². The third kappa shape index (κ3) is 2.41. The molecule has 0 aliphatic heterocycles. The second kappa shape index (κ2) is 4.86. The third-order valence-electron chi connectivity index (χ3n) is 2.87. The highest BCUT2D eigenvalue weighted by Crippen LogP contribution is 2.24. The molecule has 0 aliphatic rings. The molecule has 1 unspecified atom stereocenters. The fourth-order valence-electron chi connectivity index (χ4n) is 1.74. The Kier molecular flexibility index (Phi) is 3.43. The van der Waals surface area contributed by atoms with Crippen molar-refractivity contribution in [2.75, 3.05) is 12.0 Å². The van der Waals surface area contributed by atoms with Crippen LogP contribution in [0.25, 0.3) is 11.3 Å². The molecule has 0 amide bonds. The predicted molar refractivity (Wildman–Crippen MR) is 73.7 cm³/mol. The van der Waals surface area contributed by atoms with E-state index in [0.717, 1.165) is 27.4 Å². The molecule has 1 aromatic heterocycles. The summed E-state index contributed by atoms with van der Waals surface area (Å²) >= 11 is 0. The Balaban J connectivity index is 2.52. The lowest BCUT2D eigenvalue weighted by Gasteiger charge is -2.08. The zero-order valence-electron chi connectivity index (χ0n) is 10.6. The lowest BCUT2D eigenvalue weighted by molar-refractivity contribution is 0.687. The summed E-state index contributed by atoms with van der Waals surface area (Å²) in [5.41, 5.74) is 9.34. The molecule has 1 atom stereocenters. The standard InChI is InChI=1S/C13H15N3OS/c1-8-9(2)15-13(14)16-12(8)10-4-6-11(7-5-10)18(3)17/h4-7H,1-3H3,(H2,14,15,16). The predicted octanol–water partition coefficient (Wildman–Crippen LogP) is 2.08. The van der Waals surface area contributed by atoms with Crippen molar-refractivity contribution in [2.24, 2.45) is 0 Å². The average Bonchev–Trinajstić information content (AvgIpc) is 2.34. The van der Waals surface area contributed by atoms with E-state index < -0.39 is 10.8 Å². The molecule has 1 aromatic carbocycles. The van der Waals surface area contributed by atoms with E-state index in [-0.39, 0.29) is 5.95 Å². The SMILES string of the molecule is Cc1nc(N)nc(-c2ccc(S(C)=O)cc2)c1C. The fourth-order valence-corrected chi connectivity index (χ4v) is 2.26. The average molecular weight is 261 g/mol. The maximum absolute atomic E-state index is 11.3. The summed E-state index contributed by atoms with van der Waals surface area (Å²) in [5, 5.41) is 0. The van der Waals surface area contributed by atoms with Gasteiger partial charge in [-0.25, -0.2) is 9.97 Å². The molecular formula is C13H15N3OS. The molecule has 1 heterocycles. The minimum atomic E-state index is -0.965. The molecule has 0 spiro atoms. The summed E-state index contributed by atoms with van der Waals surface area (Å²) in [6.45, 7) is 3.88. The van der Waals surface area contributed by atoms with Crippen molar-refractivity contribution in [3.8, 4) is 11.3 Å². The number of rotatable bonds is 2. The zero-order valence-corrected chi connectivity index (χ0v) is 11.4. The van der Waals surface area contributed by atoms with Gasteiger partial charge in [0.05, 0.1) is 5.69 Å². The van der Waals surface area contributed by atoms with E-state index in [9.17, 15) is 4.21 Å². The second-order valence-electron chi connectivity index (χ2n) is 4.12. The van der Waals surface area contributed by atoms with E-state index in [4.69, 9.17) is 5.73 Å². The van der Waals surface area contributed by atoms with Gasteiger partial charge in [-0.1, -0.05) is 12.1 Å². The van der Waals surface area contributed by atoms with Gasteiger partial charge in [-0.05, 0) is 31.5 Å². The number of nitrogens with zero attached hydrogens (tertiary/aromatic N) is 2. The monoisotopic (exact) mass is 261 g/mol. The molecule has 0 radical (unpaired) electrons. The Morgan fingerprint density at radius 3 is 2.28 bits per heavy atom. The van der Waals surface area contributed by atoms with Crippen LogP contribution in [0.3, 0.4) is 0 Å². The van der Waals surface area contributed by atoms with Gasteiger partial charge >= 0.3 is 0 Å². The Morgan fingerprint density at radius 2 is 1.72 bits per heavy atom. The smallest absolute Gasteiger partial charge is 0.220 e. The normalized spacial score (nSPS) is 12.4. The van der Waals surface area contributed by atoms with Crippen LogP contribution in [0, 0.1) is 13.8 Å². The number of hydrogen-bond donors (Lipinski definition) is 1. The maximum atomic E-state index is 11.3. The van der Waals surface area contributed by atoms with E-state index >= 15 is 0 Å². The molecule has 4 nitrogen and oxygen atoms in total. The number of anilines is 1. The van der Waals surface area contributed by atoms with Crippen molar-refractivity contribution in [3.05, 3.63) is 35.5 Å². The lowest BCUT2D eigenvalue weighted by Crippen LogP contribution is -2.02. The van der Waals surface area contributed by atoms with Gasteiger partial charge in [-0.3, -0.25) is 4.21 Å². The first-order valence-corrected chi connectivity index (χ1v) is 7.09. The van der Waals surface area contributed by atoms with Crippen LogP contribution in [0.15, 0.2) is 29.2 Å². The quantitative estimate of drug-likeness (QED) is 0.898. The van der Waals surface area contributed by atoms with Gasteiger partial charge in [0.15, 0.2) is 0 Å². The van der Waals surface area contributed by atoms with Crippen molar-refractivity contribution in [1.29, 1.82) is 0 Å². The summed E-state index contributed by atoms with van der Waals surface area (Å²) in [7, 11) is -0.965. The minimum Gasteiger partial charge on any atom is -0.368 e. The van der Waals surface area contributed by atoms with E-state index in [0.29, 0.717) is 0 Å². The molecule has 5 heteroatoms. The van der Waals surface area contributed by atoms with Gasteiger partial charge in [-0.15, -0.1) is 0 Å². The van der Waals surface area contributed by atoms with Gasteiger partial charge < -0.3 is 5.73 Å². The number of aryl methyl sites for hydroxylation is 1. The summed E-state index contributed by atoms with van der Waals surface area (Å²) in [6, 6.07) is 7.51. The van der Waals surface area contributed by atoms with Gasteiger partial charge in [0.1, 0.15) is 0 Å². The molecule has 0 saturated heterocycles. The highest BCUT2D eigenvalue weighted by Gasteiger charge is 2.09. The molecule has 2 rings (SSSR count). The van der Waals surface area contributed by atoms with Crippen LogP contribution >= 0.6 is 0 Å². The Hall–Kier alpha value is -1.75. The van der Waals surface area contributed by atoms with E-state index in [2.05, 4.69) is 9.97 Å². The molecule has 0 bridgehead atoms. The van der Waals surface area contributed by atoms with Crippen molar-refractivity contribution >= 4 is 16.7 Å². The summed E-state index contributed by atoms with van der Waals surface area (Å²) in [5.74, 6) is 0.274. The Morgan fingerprint density at radius 1 is 1.11 bits per heavy atom. The maximum Gasteiger partial charge on any atom is 0.220 e. The largest absolute Gasteiger partial charge is 0.368 e. The zero-order chi connectivity index (χ0) is 13.3. The van der Waals surface area contributed by atoms with Crippen LogP contribution in [0.5, 0.6) is 0 Å². The van der Waals surface area contributed by atoms with Gasteiger partial charge in [0, 0.05) is 33.2 Å². The molecular weight excluding hydrogens is 246 g/mol. The van der Waals surface area contributed by atoms with Gasteiger partial charge in [0.2, 0.25) is 5.95 Å². The molecule has 94 valence electrons. The van der Waals surface area contributed by atoms with Crippen LogP contribution in [-0.4, -0.2) is 20.4 Å². The first-order chi connectivity index (χ1) is 8.49. The number of hydrogen-bond acceptors (Lipinski definition) is 4. The summed E-state index contributed by atoms with van der Waals surface area (Å²) < 4.78 is 11.3. The molecule has 2 N–H and O–H groups in total. The molecule has 0 aliphatic carbocycles. The van der Waals surface area contributed by atoms with Crippen LogP contribution < -0.4 is 5.73 Å². The lowest BCUT2D eigenvalue weighted by atomic mass is 10.1. The van der Waals surface area contributed by atoms with E-state index in [1.807, 2.05) is 38.1 Å². The molecule has 18 heavy (non-hydrogen) atoms. The van der Waals surface area contributed by atoms with Crippen LogP contribution in [-0.2, 0) is 10.8 Å². The van der Waals surface area contributed by atoms with Crippen LogP contribution in [0.2, 0.25) is 0 Å². The number of nitrogens with two attached hydrogens (primary N) is 1. The first-order valence-electron chi connectivity index (χ1n) is 5.53. The Bertz CT molecular complexity index is 608. The van der Waals surface area contributed by atoms with E-state index in [1.165, 1.54) is 0 Å². The molecule has 0 fully saturated rings. The first kappa shape index (κ1) is 12.7. The van der Waals surface area contributed by atoms with E-state index in [1.54, 1.807) is 6.26 Å². The third-order valence-corrected chi connectivity index (χ3v) is 3.80. The minimum absolute atomic E-state index is 0.274. The van der Waals surface area contributed by atoms with Crippen LogP contribution in [0.4, 0.5) is 5.95 Å². The number of aromatic nitrogens is 2. The van der Waals surface area contributed by atoms with Crippen LogP contribution in [0.1, 0.15) is 11.3 Å². The van der Waals surface area contributed by atoms with Crippen molar-refractivity contribution in [2.45, 2.75) is 18.7 Å². The van der Waals surface area contributed by atoms with Crippen molar-refractivity contribution < 1.29 is 4.21 Å².